The number of carbonyl (C=O) groups excluding carboxylic acids is 1. The van der Waals surface area contributed by atoms with Gasteiger partial charge < -0.3 is 19.7 Å². The normalized spacial score (nSPS) is 21.9. The van der Waals surface area contributed by atoms with E-state index in [1.54, 1.807) is 32.0 Å². The Morgan fingerprint density at radius 2 is 1.97 bits per heavy atom. The van der Waals surface area contributed by atoms with Crippen LogP contribution in [0.4, 0.5) is 14.6 Å². The molecule has 0 spiro atoms. The van der Waals surface area contributed by atoms with Crippen LogP contribution in [0.25, 0.3) is 0 Å². The van der Waals surface area contributed by atoms with E-state index in [1.807, 2.05) is 0 Å². The molecule has 4 atom stereocenters. The van der Waals surface area contributed by atoms with Crippen molar-refractivity contribution in [1.82, 2.24) is 19.7 Å². The highest BCUT2D eigenvalue weighted by atomic mass is 31.2. The molecule has 35 heavy (non-hydrogen) atoms. The fraction of sp³-hybridized carbons (Fsp3) is 0.429. The lowest BCUT2D eigenvalue weighted by molar-refractivity contribution is -0.149. The average Bonchev–Trinajstić information content (AvgIpc) is 3.06. The molecule has 191 valence electrons. The van der Waals surface area contributed by atoms with Gasteiger partial charge in [-0.2, -0.15) is 4.98 Å². The van der Waals surface area contributed by atoms with Gasteiger partial charge in [0.05, 0.1) is 18.6 Å². The van der Waals surface area contributed by atoms with Gasteiger partial charge in [-0.25, -0.2) is 28.3 Å². The van der Waals surface area contributed by atoms with Gasteiger partial charge in [-0.3, -0.25) is 9.36 Å². The fourth-order valence-corrected chi connectivity index (χ4v) is 4.84. The maximum Gasteiger partial charge on any atom is 0.391 e. The number of ether oxygens (including phenoxy) is 2. The summed E-state index contributed by atoms with van der Waals surface area (Å²) in [4.78, 5) is 27.7. The maximum atomic E-state index is 14.6. The number of hydrogen-bond donors (Lipinski definition) is 3. The van der Waals surface area contributed by atoms with E-state index in [-0.39, 0.29) is 11.6 Å². The van der Waals surface area contributed by atoms with E-state index in [9.17, 15) is 22.9 Å². The maximum absolute atomic E-state index is 14.6. The van der Waals surface area contributed by atoms with E-state index < -0.39 is 56.3 Å². The number of nitrogen functional groups attached to an aromatic ring is 1. The highest BCUT2D eigenvalue weighted by Crippen LogP contribution is 2.43. The average molecular weight is 514 g/mol. The minimum atomic E-state index is -4.04. The van der Waals surface area contributed by atoms with Gasteiger partial charge in [0.15, 0.2) is 0 Å². The Morgan fingerprint density at radius 1 is 1.29 bits per heavy atom. The summed E-state index contributed by atoms with van der Waals surface area (Å²) >= 11 is 0. The van der Waals surface area contributed by atoms with Crippen LogP contribution in [0.1, 0.15) is 27.0 Å². The van der Waals surface area contributed by atoms with Crippen LogP contribution in [0, 0.1) is 6.42 Å². The smallest absolute Gasteiger partial charge is 0.391 e. The largest absolute Gasteiger partial charge is 0.462 e. The number of esters is 1. The molecule has 1 unspecified atom stereocenters. The van der Waals surface area contributed by atoms with Crippen molar-refractivity contribution < 1.29 is 32.1 Å². The summed E-state index contributed by atoms with van der Waals surface area (Å²) in [6, 6.07) is 8.23. The highest BCUT2D eigenvalue weighted by molar-refractivity contribution is 7.55. The Morgan fingerprint density at radius 3 is 2.60 bits per heavy atom. The summed E-state index contributed by atoms with van der Waals surface area (Å²) in [5, 5.41) is 5.12. The number of nitrogens with two attached hydrogens (primary N) is 1. The summed E-state index contributed by atoms with van der Waals surface area (Å²) in [7, 11) is -4.04. The molecule has 0 saturated carbocycles. The molecule has 3 rings (SSSR count). The van der Waals surface area contributed by atoms with Gasteiger partial charge >= 0.3 is 19.3 Å². The van der Waals surface area contributed by atoms with Gasteiger partial charge in [-0.05, 0) is 39.0 Å². The lowest BCUT2D eigenvalue weighted by Gasteiger charge is -2.25. The Bertz CT molecular complexity index is 1130. The molecule has 0 amide bonds. The van der Waals surface area contributed by atoms with Crippen molar-refractivity contribution in [1.29, 1.82) is 0 Å². The molecule has 1 aliphatic rings. The molecule has 14 heteroatoms. The first-order valence-corrected chi connectivity index (χ1v) is 12.3. The van der Waals surface area contributed by atoms with Gasteiger partial charge in [0.1, 0.15) is 17.6 Å². The number of alkyl halides is 2. The number of carbonyl (C=O) groups is 1. The number of anilines is 1. The third-order valence-electron chi connectivity index (χ3n) is 4.69. The Kier molecular flexibility index (Phi) is 8.26. The van der Waals surface area contributed by atoms with Crippen LogP contribution in [0.15, 0.2) is 47.4 Å². The summed E-state index contributed by atoms with van der Waals surface area (Å²) in [5.41, 5.74) is 4.41. The minimum Gasteiger partial charge on any atom is -0.462 e. The molecule has 1 aromatic heterocycles. The zero-order valence-corrected chi connectivity index (χ0v) is 20.2. The lowest BCUT2D eigenvalue weighted by Crippen LogP contribution is -2.40. The van der Waals surface area contributed by atoms with Crippen molar-refractivity contribution in [2.75, 3.05) is 12.3 Å². The lowest BCUT2D eigenvalue weighted by atomic mass is 10.2. The number of aromatic nitrogens is 2. The minimum absolute atomic E-state index is 0.120. The van der Waals surface area contributed by atoms with Crippen LogP contribution in [-0.4, -0.2) is 46.2 Å². The molecule has 1 aromatic carbocycles. The molecular weight excluding hydrogens is 487 g/mol. The number of nitrogens with one attached hydrogen (secondary N) is 2. The van der Waals surface area contributed by atoms with Crippen molar-refractivity contribution in [3.63, 3.8) is 0 Å². The summed E-state index contributed by atoms with van der Waals surface area (Å²) in [6.45, 7) is 4.35. The molecule has 2 heterocycles. The van der Waals surface area contributed by atoms with Gasteiger partial charge in [0, 0.05) is 12.7 Å². The van der Waals surface area contributed by atoms with Crippen molar-refractivity contribution in [2.45, 2.75) is 51.2 Å². The SMILES string of the molecule is CC(C)OC(=O)[C@H](C)NP(=O)(NC[C@H]1[CH]C(F)(F)[C@H](n2ccc(N)nc2=O)O1)Oc1ccccc1. The Balaban J connectivity index is 1.74. The van der Waals surface area contributed by atoms with Crippen molar-refractivity contribution in [3.05, 3.63) is 59.5 Å². The number of rotatable bonds is 10. The Labute approximate surface area is 200 Å². The molecule has 0 bridgehead atoms. The predicted octanol–water partition coefficient (Wildman–Crippen LogP) is 2.27. The fourth-order valence-electron chi connectivity index (χ4n) is 3.17. The van der Waals surface area contributed by atoms with E-state index >= 15 is 0 Å². The van der Waals surface area contributed by atoms with E-state index in [1.165, 1.54) is 25.1 Å². The number of para-hydroxylation sites is 1. The second-order valence-electron chi connectivity index (χ2n) is 8.06. The molecule has 4 N–H and O–H groups in total. The predicted molar refractivity (Wildman–Crippen MR) is 123 cm³/mol. The number of benzene rings is 1. The van der Waals surface area contributed by atoms with Crippen LogP contribution in [0.3, 0.4) is 0 Å². The quantitative estimate of drug-likeness (QED) is 0.319. The third kappa shape index (κ3) is 7.07. The van der Waals surface area contributed by atoms with Crippen LogP contribution in [0.2, 0.25) is 0 Å². The summed E-state index contributed by atoms with van der Waals surface area (Å²) in [5.74, 6) is -4.13. The first-order valence-electron chi connectivity index (χ1n) is 10.7. The van der Waals surface area contributed by atoms with E-state index in [0.717, 1.165) is 6.20 Å². The van der Waals surface area contributed by atoms with Crippen molar-refractivity contribution in [3.8, 4) is 5.75 Å². The Hall–Kier alpha value is -2.86. The van der Waals surface area contributed by atoms with Gasteiger partial charge in [-0.15, -0.1) is 0 Å². The monoisotopic (exact) mass is 514 g/mol. The molecule has 2 aromatic rings. The number of halogens is 2. The van der Waals surface area contributed by atoms with Crippen molar-refractivity contribution in [2.24, 2.45) is 0 Å². The van der Waals surface area contributed by atoms with Crippen LogP contribution < -0.4 is 26.1 Å². The van der Waals surface area contributed by atoms with Gasteiger partial charge in [0.2, 0.25) is 6.23 Å². The second-order valence-corrected chi connectivity index (χ2v) is 9.92. The molecule has 11 nitrogen and oxygen atoms in total. The van der Waals surface area contributed by atoms with E-state index in [0.29, 0.717) is 11.0 Å². The topological polar surface area (TPSA) is 147 Å². The van der Waals surface area contributed by atoms with E-state index in [2.05, 4.69) is 15.2 Å². The standard InChI is InChI=1S/C21H27F2N5O6P/c1-13(2)32-18(29)14(3)27-35(31,34-15-7-5-4-6-8-15)25-12-16-11-21(22,23)19(33-16)28-10-9-17(24)26-20(28)30/h4-11,13-14,16,19H,12H2,1-3H3,(H2,24,26,30)(H2,25,27,31)/t14-,16+,19+,35?/m0/s1. The first kappa shape index (κ1) is 26.7. The third-order valence-corrected chi connectivity index (χ3v) is 6.49. The molecule has 1 radical (unpaired) electrons. The van der Waals surface area contributed by atoms with Gasteiger partial charge in [0.25, 0.3) is 5.92 Å². The highest BCUT2D eigenvalue weighted by Gasteiger charge is 2.52. The number of nitrogens with zero attached hydrogens (tertiary/aromatic N) is 2. The van der Waals surface area contributed by atoms with Crippen molar-refractivity contribution >= 4 is 19.5 Å². The zero-order valence-electron chi connectivity index (χ0n) is 19.3. The van der Waals surface area contributed by atoms with Gasteiger partial charge in [-0.1, -0.05) is 18.2 Å². The molecule has 1 fully saturated rings. The summed E-state index contributed by atoms with van der Waals surface area (Å²) < 4.78 is 59.5. The molecule has 0 aliphatic carbocycles. The van der Waals surface area contributed by atoms with Crippen LogP contribution in [-0.2, 0) is 18.8 Å². The first-order chi connectivity index (χ1) is 16.4. The molecule has 1 saturated heterocycles. The van der Waals surface area contributed by atoms with Crippen LogP contribution >= 0.6 is 7.67 Å². The zero-order chi connectivity index (χ0) is 25.8. The van der Waals surface area contributed by atoms with Crippen LogP contribution in [0.5, 0.6) is 5.75 Å². The second kappa shape index (κ2) is 10.8. The molecular formula is C21H27F2N5O6P. The molecule has 1 aliphatic heterocycles. The van der Waals surface area contributed by atoms with E-state index in [4.69, 9.17) is 19.7 Å². The summed E-state index contributed by atoms with van der Waals surface area (Å²) in [6.07, 6.45) is -2.01. The number of hydrogen-bond acceptors (Lipinski definition) is 8.